The normalized spacial score (nSPS) is 29.8. The topological polar surface area (TPSA) is 41.5 Å². The molecule has 1 rings (SSSR count). The molecule has 3 nitrogen and oxygen atoms in total. The Morgan fingerprint density at radius 1 is 1.47 bits per heavy atom. The van der Waals surface area contributed by atoms with Crippen LogP contribution in [-0.2, 0) is 4.74 Å². The van der Waals surface area contributed by atoms with Gasteiger partial charge in [0.15, 0.2) is 0 Å². The molecule has 3 heteroatoms. The molecule has 2 atom stereocenters. The van der Waals surface area contributed by atoms with E-state index in [1.54, 1.807) is 0 Å². The molecule has 0 aromatic carbocycles. The van der Waals surface area contributed by atoms with Gasteiger partial charge in [-0.05, 0) is 52.5 Å². The number of aliphatic hydroxyl groups excluding tert-OH is 1. The molecule has 0 amide bonds. The van der Waals surface area contributed by atoms with Crippen LogP contribution in [0.2, 0.25) is 0 Å². The predicted molar refractivity (Wildman–Crippen MR) is 71.2 cm³/mol. The molecular weight excluding hydrogens is 214 g/mol. The van der Waals surface area contributed by atoms with Gasteiger partial charge in [-0.3, -0.25) is 0 Å². The fourth-order valence-electron chi connectivity index (χ4n) is 2.76. The van der Waals surface area contributed by atoms with E-state index in [-0.39, 0.29) is 17.7 Å². The molecule has 0 bridgehead atoms. The Kier molecular flexibility index (Phi) is 5.42. The van der Waals surface area contributed by atoms with Crippen molar-refractivity contribution in [3.05, 3.63) is 0 Å². The maximum atomic E-state index is 9.59. The van der Waals surface area contributed by atoms with Crippen LogP contribution in [0.15, 0.2) is 0 Å². The average Bonchev–Trinajstić information content (AvgIpc) is 2.73. The second-order valence-corrected chi connectivity index (χ2v) is 5.90. The second kappa shape index (κ2) is 6.17. The number of rotatable bonds is 7. The highest BCUT2D eigenvalue weighted by molar-refractivity contribution is 4.97. The van der Waals surface area contributed by atoms with Crippen molar-refractivity contribution in [2.45, 2.75) is 64.0 Å². The van der Waals surface area contributed by atoms with Crippen molar-refractivity contribution < 1.29 is 9.84 Å². The summed E-state index contributed by atoms with van der Waals surface area (Å²) >= 11 is 0. The molecule has 1 saturated carbocycles. The maximum Gasteiger partial charge on any atom is 0.0623 e. The molecule has 102 valence electrons. The van der Waals surface area contributed by atoms with Crippen LogP contribution in [0.25, 0.3) is 0 Å². The van der Waals surface area contributed by atoms with E-state index in [4.69, 9.17) is 4.74 Å². The monoisotopic (exact) mass is 243 g/mol. The molecule has 1 aliphatic rings. The maximum absolute atomic E-state index is 9.59. The van der Waals surface area contributed by atoms with Gasteiger partial charge < -0.3 is 15.2 Å². The zero-order chi connectivity index (χ0) is 12.9. The van der Waals surface area contributed by atoms with Gasteiger partial charge in [0.2, 0.25) is 0 Å². The number of likely N-dealkylation sites (N-methyl/N-ethyl adjacent to an activating group) is 1. The fraction of sp³-hybridized carbons (Fsp3) is 1.00. The highest BCUT2D eigenvalue weighted by Gasteiger charge is 2.40. The van der Waals surface area contributed by atoms with Crippen molar-refractivity contribution in [1.29, 1.82) is 0 Å². The lowest BCUT2D eigenvalue weighted by molar-refractivity contribution is -0.0307. The molecule has 2 N–H and O–H groups in total. The highest BCUT2D eigenvalue weighted by atomic mass is 16.5. The molecule has 17 heavy (non-hydrogen) atoms. The summed E-state index contributed by atoms with van der Waals surface area (Å²) in [6.07, 6.45) is 5.59. The van der Waals surface area contributed by atoms with E-state index in [2.05, 4.69) is 26.1 Å². The molecule has 0 radical (unpaired) electrons. The molecule has 0 spiro atoms. The van der Waals surface area contributed by atoms with Gasteiger partial charge in [0.1, 0.15) is 0 Å². The standard InChI is InChI=1S/C14H29NO2/c1-5-13(2,3)17-10-8-12-7-6-9-14(12,11-16)15-4/h12,15-16H,5-11H2,1-4H3. The van der Waals surface area contributed by atoms with Crippen LogP contribution in [0, 0.1) is 5.92 Å². The Balaban J connectivity index is 2.41. The van der Waals surface area contributed by atoms with E-state index < -0.39 is 0 Å². The van der Waals surface area contributed by atoms with E-state index >= 15 is 0 Å². The first kappa shape index (κ1) is 14.9. The number of hydrogen-bond donors (Lipinski definition) is 2. The Morgan fingerprint density at radius 2 is 2.18 bits per heavy atom. The third-order valence-corrected chi connectivity index (χ3v) is 4.55. The van der Waals surface area contributed by atoms with Crippen molar-refractivity contribution in [3.8, 4) is 0 Å². The smallest absolute Gasteiger partial charge is 0.0623 e. The zero-order valence-corrected chi connectivity index (χ0v) is 11.9. The van der Waals surface area contributed by atoms with Crippen molar-refractivity contribution in [1.82, 2.24) is 5.32 Å². The molecular formula is C14H29NO2. The number of hydrogen-bond acceptors (Lipinski definition) is 3. The molecule has 2 unspecified atom stereocenters. The molecule has 0 heterocycles. The van der Waals surface area contributed by atoms with E-state index in [0.29, 0.717) is 5.92 Å². The Morgan fingerprint density at radius 3 is 2.71 bits per heavy atom. The van der Waals surface area contributed by atoms with Crippen molar-refractivity contribution in [2.75, 3.05) is 20.3 Å². The van der Waals surface area contributed by atoms with Gasteiger partial charge in [-0.1, -0.05) is 13.3 Å². The van der Waals surface area contributed by atoms with Crippen molar-refractivity contribution >= 4 is 0 Å². The minimum Gasteiger partial charge on any atom is -0.394 e. The molecule has 1 fully saturated rings. The van der Waals surface area contributed by atoms with Gasteiger partial charge in [-0.25, -0.2) is 0 Å². The fourth-order valence-corrected chi connectivity index (χ4v) is 2.76. The van der Waals surface area contributed by atoms with Crippen LogP contribution in [0.1, 0.15) is 52.9 Å². The first-order chi connectivity index (χ1) is 7.99. The van der Waals surface area contributed by atoms with Gasteiger partial charge in [0, 0.05) is 12.1 Å². The van der Waals surface area contributed by atoms with Crippen LogP contribution >= 0.6 is 0 Å². The minimum atomic E-state index is -0.0558. The summed E-state index contributed by atoms with van der Waals surface area (Å²) in [5.41, 5.74) is -0.0696. The Labute approximate surface area is 106 Å². The van der Waals surface area contributed by atoms with Gasteiger partial charge >= 0.3 is 0 Å². The molecule has 1 aliphatic carbocycles. The van der Waals surface area contributed by atoms with E-state index in [1.165, 1.54) is 12.8 Å². The molecule has 0 aromatic rings. The summed E-state index contributed by atoms with van der Waals surface area (Å²) in [4.78, 5) is 0. The van der Waals surface area contributed by atoms with Crippen molar-refractivity contribution in [2.24, 2.45) is 5.92 Å². The summed E-state index contributed by atoms with van der Waals surface area (Å²) in [5, 5.41) is 12.9. The van der Waals surface area contributed by atoms with E-state index in [0.717, 1.165) is 25.9 Å². The first-order valence-electron chi connectivity index (χ1n) is 6.93. The third kappa shape index (κ3) is 3.67. The molecule has 0 aromatic heterocycles. The van der Waals surface area contributed by atoms with Crippen LogP contribution in [0.5, 0.6) is 0 Å². The minimum absolute atomic E-state index is 0.0138. The Bertz CT molecular complexity index is 224. The van der Waals surface area contributed by atoms with Crippen LogP contribution in [-0.4, -0.2) is 36.5 Å². The zero-order valence-electron chi connectivity index (χ0n) is 11.9. The summed E-state index contributed by atoms with van der Waals surface area (Å²) in [5.74, 6) is 0.546. The average molecular weight is 243 g/mol. The largest absolute Gasteiger partial charge is 0.394 e. The van der Waals surface area contributed by atoms with Gasteiger partial charge in [-0.15, -0.1) is 0 Å². The van der Waals surface area contributed by atoms with Gasteiger partial charge in [-0.2, -0.15) is 0 Å². The quantitative estimate of drug-likeness (QED) is 0.721. The predicted octanol–water partition coefficient (Wildman–Crippen LogP) is 2.33. The first-order valence-corrected chi connectivity index (χ1v) is 6.93. The van der Waals surface area contributed by atoms with Gasteiger partial charge in [0.25, 0.3) is 0 Å². The Hall–Kier alpha value is -0.120. The molecule has 0 saturated heterocycles. The SMILES string of the molecule is CCC(C)(C)OCCC1CCCC1(CO)NC. The number of nitrogens with one attached hydrogen (secondary N) is 1. The number of ether oxygens (including phenoxy) is 1. The summed E-state index contributed by atoms with van der Waals surface area (Å²) in [6, 6.07) is 0. The van der Waals surface area contributed by atoms with E-state index in [1.807, 2.05) is 7.05 Å². The summed E-state index contributed by atoms with van der Waals surface area (Å²) in [6.45, 7) is 7.47. The molecule has 0 aliphatic heterocycles. The van der Waals surface area contributed by atoms with Gasteiger partial charge in [0.05, 0.1) is 12.2 Å². The van der Waals surface area contributed by atoms with Crippen LogP contribution in [0.4, 0.5) is 0 Å². The lowest BCUT2D eigenvalue weighted by atomic mass is 9.85. The van der Waals surface area contributed by atoms with Crippen LogP contribution in [0.3, 0.4) is 0 Å². The highest BCUT2D eigenvalue weighted by Crippen LogP contribution is 2.37. The lowest BCUT2D eigenvalue weighted by Gasteiger charge is -2.34. The third-order valence-electron chi connectivity index (χ3n) is 4.55. The second-order valence-electron chi connectivity index (χ2n) is 5.90. The van der Waals surface area contributed by atoms with E-state index in [9.17, 15) is 5.11 Å². The van der Waals surface area contributed by atoms with Crippen molar-refractivity contribution in [3.63, 3.8) is 0 Å². The summed E-state index contributed by atoms with van der Waals surface area (Å²) < 4.78 is 5.91. The van der Waals surface area contributed by atoms with Crippen LogP contribution < -0.4 is 5.32 Å². The number of aliphatic hydroxyl groups is 1. The summed E-state index contributed by atoms with van der Waals surface area (Å²) in [7, 11) is 1.96. The lowest BCUT2D eigenvalue weighted by Crippen LogP contribution is -2.49.